The van der Waals surface area contributed by atoms with Gasteiger partial charge in [-0.05, 0) is 32.4 Å². The second-order valence-electron chi connectivity index (χ2n) is 5.31. The zero-order valence-electron chi connectivity index (χ0n) is 11.2. The molecule has 0 radical (unpaired) electrons. The average molecular weight is 278 g/mol. The van der Waals surface area contributed by atoms with Gasteiger partial charge in [-0.1, -0.05) is 11.8 Å². The summed E-state index contributed by atoms with van der Waals surface area (Å²) >= 11 is 1.76. The van der Waals surface area contributed by atoms with Crippen LogP contribution in [0.15, 0.2) is 23.2 Å². The maximum atomic E-state index is 5.58. The van der Waals surface area contributed by atoms with Gasteiger partial charge in [0.15, 0.2) is 16.7 Å². The Bertz CT molecular complexity index is 514. The Kier molecular flexibility index (Phi) is 3.31. The molecule has 0 saturated carbocycles. The largest absolute Gasteiger partial charge is 0.486 e. The van der Waals surface area contributed by atoms with Crippen LogP contribution in [-0.4, -0.2) is 29.7 Å². The number of hydrogen-bond acceptors (Lipinski definition) is 5. The van der Waals surface area contributed by atoms with Gasteiger partial charge >= 0.3 is 0 Å². The van der Waals surface area contributed by atoms with Crippen molar-refractivity contribution in [1.29, 1.82) is 0 Å². The molecule has 4 nitrogen and oxygen atoms in total. The molecular formula is C14H18N2O2S. The first-order valence-electron chi connectivity index (χ1n) is 6.52. The van der Waals surface area contributed by atoms with Crippen molar-refractivity contribution in [2.24, 2.45) is 4.99 Å². The Morgan fingerprint density at radius 1 is 1.21 bits per heavy atom. The predicted molar refractivity (Wildman–Crippen MR) is 79.6 cm³/mol. The van der Waals surface area contributed by atoms with Crippen LogP contribution in [0.2, 0.25) is 0 Å². The van der Waals surface area contributed by atoms with Crippen LogP contribution in [0.3, 0.4) is 0 Å². The van der Waals surface area contributed by atoms with Crippen molar-refractivity contribution in [3.8, 4) is 11.5 Å². The van der Waals surface area contributed by atoms with Crippen LogP contribution in [-0.2, 0) is 0 Å². The molecule has 0 aliphatic carbocycles. The molecule has 1 aromatic rings. The van der Waals surface area contributed by atoms with Crippen LogP contribution < -0.4 is 14.8 Å². The summed E-state index contributed by atoms with van der Waals surface area (Å²) in [7, 11) is 0. The molecule has 0 spiro atoms. The van der Waals surface area contributed by atoms with Gasteiger partial charge in [-0.2, -0.15) is 0 Å². The summed E-state index contributed by atoms with van der Waals surface area (Å²) < 4.78 is 11.1. The molecular weight excluding hydrogens is 260 g/mol. The fourth-order valence-electron chi connectivity index (χ4n) is 2.07. The fourth-order valence-corrected chi connectivity index (χ4v) is 3.37. The summed E-state index contributed by atoms with van der Waals surface area (Å²) in [5, 5.41) is 4.34. The van der Waals surface area contributed by atoms with Crippen molar-refractivity contribution in [3.63, 3.8) is 0 Å². The Labute approximate surface area is 117 Å². The van der Waals surface area contributed by atoms with E-state index >= 15 is 0 Å². The number of hydrogen-bond donors (Lipinski definition) is 1. The van der Waals surface area contributed by atoms with E-state index in [0.717, 1.165) is 34.5 Å². The highest BCUT2D eigenvalue weighted by molar-refractivity contribution is 8.14. The monoisotopic (exact) mass is 278 g/mol. The van der Waals surface area contributed by atoms with Gasteiger partial charge in [0.1, 0.15) is 13.2 Å². The van der Waals surface area contributed by atoms with E-state index in [9.17, 15) is 0 Å². The molecule has 3 rings (SSSR count). The first kappa shape index (κ1) is 12.7. The number of benzene rings is 1. The summed E-state index contributed by atoms with van der Waals surface area (Å²) in [6.45, 7) is 5.56. The van der Waals surface area contributed by atoms with Gasteiger partial charge in [-0.3, -0.25) is 4.99 Å². The van der Waals surface area contributed by atoms with Crippen molar-refractivity contribution >= 4 is 22.6 Å². The third-order valence-corrected chi connectivity index (χ3v) is 4.03. The molecule has 5 heteroatoms. The smallest absolute Gasteiger partial charge is 0.163 e. The lowest BCUT2D eigenvalue weighted by Gasteiger charge is -2.26. The minimum absolute atomic E-state index is 0.0292. The molecule has 0 atom stereocenters. The number of nitrogens with one attached hydrogen (secondary N) is 1. The predicted octanol–water partition coefficient (Wildman–Crippen LogP) is 3.14. The standard InChI is InChI=1S/C14H18N2O2S/c1-14(2)5-8-19-13(16-14)15-10-3-4-11-12(9-10)18-7-6-17-11/h3-4,9H,5-8H2,1-2H3,(H,15,16). The molecule has 0 saturated heterocycles. The summed E-state index contributed by atoms with van der Waals surface area (Å²) in [6.07, 6.45) is 1.12. The minimum atomic E-state index is 0.0292. The first-order valence-corrected chi connectivity index (χ1v) is 7.50. The van der Waals surface area contributed by atoms with Crippen molar-refractivity contribution in [2.45, 2.75) is 25.8 Å². The van der Waals surface area contributed by atoms with Gasteiger partial charge in [0.25, 0.3) is 0 Å². The Morgan fingerprint density at radius 2 is 2.00 bits per heavy atom. The van der Waals surface area contributed by atoms with Gasteiger partial charge < -0.3 is 14.8 Å². The summed E-state index contributed by atoms with van der Waals surface area (Å²) in [4.78, 5) is 4.72. The molecule has 1 N–H and O–H groups in total. The van der Waals surface area contributed by atoms with Gasteiger partial charge in [0.05, 0.1) is 5.54 Å². The van der Waals surface area contributed by atoms with Crippen molar-refractivity contribution in [1.82, 2.24) is 0 Å². The third kappa shape index (κ3) is 2.97. The topological polar surface area (TPSA) is 42.8 Å². The number of anilines is 1. The normalized spacial score (nSPS) is 20.6. The van der Waals surface area contributed by atoms with Gasteiger partial charge in [0.2, 0.25) is 0 Å². The summed E-state index contributed by atoms with van der Waals surface area (Å²) in [5.41, 5.74) is 1.02. The number of nitrogens with zero attached hydrogens (tertiary/aromatic N) is 1. The lowest BCUT2D eigenvalue weighted by atomic mass is 10.0. The van der Waals surface area contributed by atoms with Crippen LogP contribution in [0.25, 0.3) is 0 Å². The quantitative estimate of drug-likeness (QED) is 0.857. The number of ether oxygens (including phenoxy) is 2. The van der Waals surface area contributed by atoms with Crippen LogP contribution >= 0.6 is 11.8 Å². The molecule has 0 amide bonds. The van der Waals surface area contributed by atoms with E-state index in [4.69, 9.17) is 14.5 Å². The maximum Gasteiger partial charge on any atom is 0.163 e. The van der Waals surface area contributed by atoms with Crippen LogP contribution in [0, 0.1) is 0 Å². The van der Waals surface area contributed by atoms with E-state index in [1.54, 1.807) is 11.8 Å². The Morgan fingerprint density at radius 3 is 2.79 bits per heavy atom. The van der Waals surface area contributed by atoms with Crippen LogP contribution in [0.4, 0.5) is 5.69 Å². The lowest BCUT2D eigenvalue weighted by Crippen LogP contribution is -2.27. The molecule has 1 aromatic carbocycles. The third-order valence-electron chi connectivity index (χ3n) is 3.15. The molecule has 2 heterocycles. The molecule has 19 heavy (non-hydrogen) atoms. The zero-order chi connectivity index (χ0) is 13.3. The number of amidine groups is 1. The van der Waals surface area contributed by atoms with Crippen LogP contribution in [0.1, 0.15) is 20.3 Å². The maximum absolute atomic E-state index is 5.58. The summed E-state index contributed by atoms with van der Waals surface area (Å²) in [6, 6.07) is 5.91. The SMILES string of the molecule is CC1(C)CCSC(Nc2ccc3c(c2)OCCO3)=N1. The number of rotatable bonds is 1. The Hall–Kier alpha value is -1.36. The van der Waals surface area contributed by atoms with E-state index in [1.807, 2.05) is 18.2 Å². The minimum Gasteiger partial charge on any atom is -0.486 e. The van der Waals surface area contributed by atoms with E-state index in [2.05, 4.69) is 19.2 Å². The fraction of sp³-hybridized carbons (Fsp3) is 0.500. The second kappa shape index (κ2) is 4.96. The van der Waals surface area contributed by atoms with E-state index < -0.39 is 0 Å². The van der Waals surface area contributed by atoms with Gasteiger partial charge in [-0.25, -0.2) is 0 Å². The van der Waals surface area contributed by atoms with E-state index in [1.165, 1.54) is 0 Å². The molecule has 102 valence electrons. The molecule has 0 fully saturated rings. The molecule has 0 aromatic heterocycles. The molecule has 0 bridgehead atoms. The number of fused-ring (bicyclic) bond motifs is 1. The van der Waals surface area contributed by atoms with Gasteiger partial charge in [-0.15, -0.1) is 0 Å². The lowest BCUT2D eigenvalue weighted by molar-refractivity contribution is 0.171. The van der Waals surface area contributed by atoms with Crippen LogP contribution in [0.5, 0.6) is 11.5 Å². The average Bonchev–Trinajstić information content (AvgIpc) is 2.37. The zero-order valence-corrected chi connectivity index (χ0v) is 12.0. The van der Waals surface area contributed by atoms with E-state index in [0.29, 0.717) is 13.2 Å². The van der Waals surface area contributed by atoms with Gasteiger partial charge in [0, 0.05) is 17.5 Å². The Balaban J connectivity index is 1.78. The highest BCUT2D eigenvalue weighted by atomic mass is 32.2. The van der Waals surface area contributed by atoms with Crippen molar-refractivity contribution in [2.75, 3.05) is 24.3 Å². The number of aliphatic imine (C=N–C) groups is 1. The van der Waals surface area contributed by atoms with E-state index in [-0.39, 0.29) is 5.54 Å². The van der Waals surface area contributed by atoms with Crippen molar-refractivity contribution in [3.05, 3.63) is 18.2 Å². The molecule has 2 aliphatic heterocycles. The first-order chi connectivity index (χ1) is 9.12. The summed E-state index contributed by atoms with van der Waals surface area (Å²) in [5.74, 6) is 2.72. The second-order valence-corrected chi connectivity index (χ2v) is 6.39. The molecule has 0 unspecified atom stereocenters. The molecule has 2 aliphatic rings. The number of thioether (sulfide) groups is 1. The highest BCUT2D eigenvalue weighted by Crippen LogP contribution is 2.33. The highest BCUT2D eigenvalue weighted by Gasteiger charge is 2.22. The van der Waals surface area contributed by atoms with Crippen molar-refractivity contribution < 1.29 is 9.47 Å².